The zero-order chi connectivity index (χ0) is 15.8. The molecule has 1 saturated heterocycles. The van der Waals surface area contributed by atoms with Crippen LogP contribution in [0.3, 0.4) is 0 Å². The van der Waals surface area contributed by atoms with Gasteiger partial charge in [0, 0.05) is 17.3 Å². The first kappa shape index (κ1) is 14.8. The van der Waals surface area contributed by atoms with Gasteiger partial charge in [0.2, 0.25) is 5.88 Å². The number of thioether (sulfide) groups is 1. The molecule has 120 valence electrons. The fourth-order valence-electron chi connectivity index (χ4n) is 3.01. The van der Waals surface area contributed by atoms with Crippen molar-refractivity contribution < 1.29 is 4.74 Å². The van der Waals surface area contributed by atoms with Gasteiger partial charge in [-0.25, -0.2) is 4.98 Å². The van der Waals surface area contributed by atoms with Gasteiger partial charge in [0.1, 0.15) is 12.1 Å². The number of hydrogen-bond donors (Lipinski definition) is 0. The van der Waals surface area contributed by atoms with E-state index in [-0.39, 0.29) is 0 Å². The van der Waals surface area contributed by atoms with Crippen molar-refractivity contribution in [3.05, 3.63) is 42.1 Å². The van der Waals surface area contributed by atoms with E-state index in [0.29, 0.717) is 5.25 Å². The first-order valence-electron chi connectivity index (χ1n) is 8.01. The average Bonchev–Trinajstić information content (AvgIpc) is 3.03. The molecule has 0 radical (unpaired) electrons. The van der Waals surface area contributed by atoms with Crippen LogP contribution < -0.4 is 4.74 Å². The first-order valence-corrected chi connectivity index (χ1v) is 9.06. The van der Waals surface area contributed by atoms with E-state index in [2.05, 4.69) is 53.7 Å². The van der Waals surface area contributed by atoms with Crippen LogP contribution >= 0.6 is 11.8 Å². The van der Waals surface area contributed by atoms with Gasteiger partial charge in [0.15, 0.2) is 0 Å². The third kappa shape index (κ3) is 2.91. The summed E-state index contributed by atoms with van der Waals surface area (Å²) in [6, 6.07) is 10.5. The largest absolute Gasteiger partial charge is 0.475 e. The number of aromatic nitrogens is 2. The predicted octanol–water partition coefficient (Wildman–Crippen LogP) is 3.57. The third-order valence-electron chi connectivity index (χ3n) is 4.35. The Bertz CT molecular complexity index is 837. The number of nitrogens with zero attached hydrogens (tertiary/aromatic N) is 3. The highest BCUT2D eigenvalue weighted by atomic mass is 32.2. The summed E-state index contributed by atoms with van der Waals surface area (Å²) in [6.07, 6.45) is 3.25. The smallest absolute Gasteiger partial charge is 0.238 e. The van der Waals surface area contributed by atoms with Gasteiger partial charge in [0.25, 0.3) is 0 Å². The van der Waals surface area contributed by atoms with Crippen LogP contribution in [0.2, 0.25) is 0 Å². The van der Waals surface area contributed by atoms with Crippen molar-refractivity contribution in [1.82, 2.24) is 14.3 Å². The molecule has 3 aromatic rings. The van der Waals surface area contributed by atoms with Crippen molar-refractivity contribution in [3.8, 4) is 5.88 Å². The summed E-state index contributed by atoms with van der Waals surface area (Å²) in [5.74, 6) is 1.83. The zero-order valence-corrected chi connectivity index (χ0v) is 14.3. The number of hydrogen-bond acceptors (Lipinski definition) is 4. The minimum Gasteiger partial charge on any atom is -0.475 e. The lowest BCUT2D eigenvalue weighted by Gasteiger charge is -2.28. The number of benzene rings is 1. The topological polar surface area (TPSA) is 29.8 Å². The van der Waals surface area contributed by atoms with Gasteiger partial charge in [-0.2, -0.15) is 0 Å². The molecule has 2 aromatic heterocycles. The molecule has 3 heterocycles. The Labute approximate surface area is 140 Å². The molecule has 1 aliphatic heterocycles. The summed E-state index contributed by atoms with van der Waals surface area (Å²) in [4.78, 5) is 7.12. The van der Waals surface area contributed by atoms with Crippen LogP contribution in [0.25, 0.3) is 16.6 Å². The SMILES string of the molecule is Cc1ccc2c(c1)nc(OCC1CCN(C)CS1)c1cccn12. The van der Waals surface area contributed by atoms with Crippen LogP contribution in [-0.2, 0) is 0 Å². The standard InChI is InChI=1S/C18H21N3OS/c1-13-5-6-16-15(10-13)19-18(17-4-3-8-21(16)17)22-11-14-7-9-20(2)12-23-14/h3-6,8,10,14H,7,9,11-12H2,1-2H3. The molecule has 4 nitrogen and oxygen atoms in total. The summed E-state index contributed by atoms with van der Waals surface area (Å²) in [7, 11) is 2.17. The van der Waals surface area contributed by atoms with Gasteiger partial charge < -0.3 is 9.14 Å². The quantitative estimate of drug-likeness (QED) is 0.735. The Balaban J connectivity index is 1.64. The van der Waals surface area contributed by atoms with E-state index in [4.69, 9.17) is 9.72 Å². The van der Waals surface area contributed by atoms with Gasteiger partial charge >= 0.3 is 0 Å². The molecule has 1 unspecified atom stereocenters. The fraction of sp³-hybridized carbons (Fsp3) is 0.389. The normalized spacial score (nSPS) is 19.5. The van der Waals surface area contributed by atoms with Crippen LogP contribution in [-0.4, -0.2) is 45.6 Å². The molecule has 23 heavy (non-hydrogen) atoms. The zero-order valence-electron chi connectivity index (χ0n) is 13.5. The van der Waals surface area contributed by atoms with Gasteiger partial charge in [-0.05, 0) is 56.8 Å². The maximum atomic E-state index is 6.13. The molecule has 5 heteroatoms. The average molecular weight is 327 g/mol. The molecule has 4 rings (SSSR count). The van der Waals surface area contributed by atoms with Crippen molar-refractivity contribution in [3.63, 3.8) is 0 Å². The Morgan fingerprint density at radius 3 is 3.04 bits per heavy atom. The van der Waals surface area contributed by atoms with Crippen LogP contribution in [0, 0.1) is 6.92 Å². The fourth-order valence-corrected chi connectivity index (χ4v) is 4.04. The van der Waals surface area contributed by atoms with Crippen LogP contribution in [0.15, 0.2) is 36.5 Å². The van der Waals surface area contributed by atoms with Gasteiger partial charge in [0.05, 0.1) is 11.0 Å². The molecule has 0 N–H and O–H groups in total. The van der Waals surface area contributed by atoms with Crippen LogP contribution in [0.1, 0.15) is 12.0 Å². The van der Waals surface area contributed by atoms with E-state index in [1.165, 1.54) is 12.0 Å². The molecule has 0 bridgehead atoms. The molecule has 1 aliphatic rings. The maximum Gasteiger partial charge on any atom is 0.238 e. The highest BCUT2D eigenvalue weighted by Crippen LogP contribution is 2.27. The van der Waals surface area contributed by atoms with E-state index in [1.807, 2.05) is 17.8 Å². The van der Waals surface area contributed by atoms with E-state index in [1.54, 1.807) is 0 Å². The van der Waals surface area contributed by atoms with E-state index in [0.717, 1.165) is 41.5 Å². The second-order valence-electron chi connectivity index (χ2n) is 6.27. The Morgan fingerprint density at radius 2 is 2.22 bits per heavy atom. The summed E-state index contributed by atoms with van der Waals surface area (Å²) >= 11 is 1.97. The first-order chi connectivity index (χ1) is 11.2. The molecule has 0 amide bonds. The van der Waals surface area contributed by atoms with Crippen LogP contribution in [0.4, 0.5) is 0 Å². The highest BCUT2D eigenvalue weighted by Gasteiger charge is 2.19. The van der Waals surface area contributed by atoms with Gasteiger partial charge in [-0.1, -0.05) is 6.07 Å². The second kappa shape index (κ2) is 6.06. The van der Waals surface area contributed by atoms with Crippen molar-refractivity contribution in [2.45, 2.75) is 18.6 Å². The number of ether oxygens (including phenoxy) is 1. The van der Waals surface area contributed by atoms with Crippen LogP contribution in [0.5, 0.6) is 5.88 Å². The second-order valence-corrected chi connectivity index (χ2v) is 7.53. The Hall–Kier alpha value is -1.72. The van der Waals surface area contributed by atoms with Gasteiger partial charge in [-0.3, -0.25) is 4.90 Å². The summed E-state index contributed by atoms with van der Waals surface area (Å²) in [6.45, 7) is 3.96. The monoisotopic (exact) mass is 327 g/mol. The molecule has 0 saturated carbocycles. The molecule has 1 atom stereocenters. The Morgan fingerprint density at radius 1 is 1.30 bits per heavy atom. The molecule has 0 spiro atoms. The number of rotatable bonds is 3. The van der Waals surface area contributed by atoms with E-state index < -0.39 is 0 Å². The third-order valence-corrected chi connectivity index (χ3v) is 5.78. The van der Waals surface area contributed by atoms with Crippen molar-refractivity contribution in [2.24, 2.45) is 0 Å². The predicted molar refractivity (Wildman–Crippen MR) is 96.4 cm³/mol. The molecule has 0 aliphatic carbocycles. The number of fused-ring (bicyclic) bond motifs is 3. The van der Waals surface area contributed by atoms with Crippen molar-refractivity contribution in [2.75, 3.05) is 26.1 Å². The minimum absolute atomic E-state index is 0.552. The lowest BCUT2D eigenvalue weighted by molar-refractivity contribution is 0.282. The summed E-state index contributed by atoms with van der Waals surface area (Å²) < 4.78 is 8.29. The van der Waals surface area contributed by atoms with Gasteiger partial charge in [-0.15, -0.1) is 11.8 Å². The summed E-state index contributed by atoms with van der Waals surface area (Å²) in [5.41, 5.74) is 4.36. The highest BCUT2D eigenvalue weighted by molar-refractivity contribution is 7.99. The van der Waals surface area contributed by atoms with Crippen molar-refractivity contribution in [1.29, 1.82) is 0 Å². The lowest BCUT2D eigenvalue weighted by atomic mass is 10.2. The molecule has 1 aromatic carbocycles. The minimum atomic E-state index is 0.552. The molecular formula is C18H21N3OS. The number of aryl methyl sites for hydroxylation is 1. The molecular weight excluding hydrogens is 306 g/mol. The lowest BCUT2D eigenvalue weighted by Crippen LogP contribution is -2.31. The maximum absolute atomic E-state index is 6.13. The van der Waals surface area contributed by atoms with E-state index in [9.17, 15) is 0 Å². The van der Waals surface area contributed by atoms with E-state index >= 15 is 0 Å². The Kier molecular flexibility index (Phi) is 3.91. The summed E-state index contributed by atoms with van der Waals surface area (Å²) in [5, 5.41) is 0.552. The molecule has 1 fully saturated rings. The van der Waals surface area contributed by atoms with Crippen molar-refractivity contribution >= 4 is 28.3 Å².